The van der Waals surface area contributed by atoms with Gasteiger partial charge in [0.15, 0.2) is 0 Å². The minimum absolute atomic E-state index is 0.933. The van der Waals surface area contributed by atoms with E-state index in [9.17, 15) is 0 Å². The standard InChI is InChI=1S/C11H22N/c1-9-8-12(6-4-5-7-12)11(3)10(9)2/h9-11H,4-8H2,1-3H3/q+1. The Morgan fingerprint density at radius 1 is 1.00 bits per heavy atom. The molecule has 3 unspecified atom stereocenters. The highest BCUT2D eigenvalue weighted by molar-refractivity contribution is 4.79. The summed E-state index contributed by atoms with van der Waals surface area (Å²) in [7, 11) is 0. The molecule has 0 aromatic heterocycles. The molecule has 2 saturated heterocycles. The van der Waals surface area contributed by atoms with Gasteiger partial charge in [-0.25, -0.2) is 0 Å². The van der Waals surface area contributed by atoms with E-state index in [4.69, 9.17) is 0 Å². The SMILES string of the molecule is CC1C[N+]2(CCCC2)C(C)C1C. The third-order valence-electron chi connectivity index (χ3n) is 4.63. The molecule has 0 amide bonds. The van der Waals surface area contributed by atoms with Gasteiger partial charge in [0, 0.05) is 24.7 Å². The van der Waals surface area contributed by atoms with Crippen LogP contribution in [0.4, 0.5) is 0 Å². The van der Waals surface area contributed by atoms with Gasteiger partial charge in [-0.3, -0.25) is 0 Å². The number of nitrogens with zero attached hydrogens (tertiary/aromatic N) is 1. The molecule has 0 saturated carbocycles. The van der Waals surface area contributed by atoms with Crippen molar-refractivity contribution in [1.82, 2.24) is 0 Å². The molecule has 2 aliphatic rings. The molecule has 2 aliphatic heterocycles. The summed E-state index contributed by atoms with van der Waals surface area (Å²) in [5.41, 5.74) is 0. The van der Waals surface area contributed by atoms with E-state index in [2.05, 4.69) is 20.8 Å². The van der Waals surface area contributed by atoms with Crippen molar-refractivity contribution in [1.29, 1.82) is 0 Å². The van der Waals surface area contributed by atoms with Gasteiger partial charge >= 0.3 is 0 Å². The van der Waals surface area contributed by atoms with Crippen LogP contribution in [0.2, 0.25) is 0 Å². The van der Waals surface area contributed by atoms with Crippen LogP contribution in [0.5, 0.6) is 0 Å². The molecule has 2 heterocycles. The summed E-state index contributed by atoms with van der Waals surface area (Å²) in [5.74, 6) is 1.90. The van der Waals surface area contributed by atoms with Gasteiger partial charge in [0.25, 0.3) is 0 Å². The minimum Gasteiger partial charge on any atom is -0.321 e. The topological polar surface area (TPSA) is 0 Å². The number of hydrogen-bond acceptors (Lipinski definition) is 0. The summed E-state index contributed by atoms with van der Waals surface area (Å²) in [5, 5.41) is 0. The van der Waals surface area contributed by atoms with Crippen LogP contribution in [0.1, 0.15) is 33.6 Å². The fourth-order valence-electron chi connectivity index (χ4n) is 3.44. The lowest BCUT2D eigenvalue weighted by molar-refractivity contribution is -0.929. The van der Waals surface area contributed by atoms with Gasteiger partial charge in [0.05, 0.1) is 25.7 Å². The summed E-state index contributed by atoms with van der Waals surface area (Å²) in [6.07, 6.45) is 2.95. The maximum absolute atomic E-state index is 2.47. The third kappa shape index (κ3) is 1.02. The van der Waals surface area contributed by atoms with Gasteiger partial charge in [0.2, 0.25) is 0 Å². The maximum Gasteiger partial charge on any atom is 0.0892 e. The summed E-state index contributed by atoms with van der Waals surface area (Å²) in [4.78, 5) is 0. The van der Waals surface area contributed by atoms with Gasteiger partial charge in [-0.05, 0) is 6.92 Å². The quantitative estimate of drug-likeness (QED) is 0.487. The zero-order valence-electron chi connectivity index (χ0n) is 8.71. The van der Waals surface area contributed by atoms with Gasteiger partial charge in [-0.1, -0.05) is 13.8 Å². The maximum atomic E-state index is 2.47. The van der Waals surface area contributed by atoms with Gasteiger partial charge in [-0.15, -0.1) is 0 Å². The van der Waals surface area contributed by atoms with Crippen LogP contribution in [-0.2, 0) is 0 Å². The molecule has 0 aromatic rings. The molecular formula is C11H22N+. The summed E-state index contributed by atoms with van der Waals surface area (Å²) >= 11 is 0. The molecule has 1 spiro atoms. The minimum atomic E-state index is 0.933. The van der Waals surface area contributed by atoms with Crippen molar-refractivity contribution in [3.63, 3.8) is 0 Å². The van der Waals surface area contributed by atoms with E-state index in [1.165, 1.54) is 37.0 Å². The highest BCUT2D eigenvalue weighted by Crippen LogP contribution is 2.39. The second kappa shape index (κ2) is 2.73. The molecular weight excluding hydrogens is 146 g/mol. The predicted molar refractivity (Wildman–Crippen MR) is 51.9 cm³/mol. The zero-order valence-corrected chi connectivity index (χ0v) is 8.71. The second-order valence-electron chi connectivity index (χ2n) is 5.13. The lowest BCUT2D eigenvalue weighted by atomic mass is 9.95. The average molecular weight is 168 g/mol. The van der Waals surface area contributed by atoms with Crippen LogP contribution in [0.25, 0.3) is 0 Å². The van der Waals surface area contributed by atoms with Crippen LogP contribution in [0.3, 0.4) is 0 Å². The fourth-order valence-corrected chi connectivity index (χ4v) is 3.44. The van der Waals surface area contributed by atoms with Crippen molar-refractivity contribution in [2.75, 3.05) is 19.6 Å². The average Bonchev–Trinajstić information content (AvgIpc) is 2.57. The van der Waals surface area contributed by atoms with E-state index < -0.39 is 0 Å². The summed E-state index contributed by atoms with van der Waals surface area (Å²) in [6, 6.07) is 0.933. The monoisotopic (exact) mass is 168 g/mol. The van der Waals surface area contributed by atoms with Crippen molar-refractivity contribution in [2.45, 2.75) is 39.7 Å². The Morgan fingerprint density at radius 3 is 2.00 bits per heavy atom. The summed E-state index contributed by atoms with van der Waals surface area (Å²) < 4.78 is 1.46. The molecule has 3 atom stereocenters. The number of hydrogen-bond donors (Lipinski definition) is 0. The molecule has 0 aliphatic carbocycles. The Hall–Kier alpha value is -0.0400. The summed E-state index contributed by atoms with van der Waals surface area (Å²) in [6.45, 7) is 11.8. The van der Waals surface area contributed by atoms with E-state index in [0.717, 1.165) is 17.9 Å². The Morgan fingerprint density at radius 2 is 1.58 bits per heavy atom. The van der Waals surface area contributed by atoms with E-state index in [1.807, 2.05) is 0 Å². The van der Waals surface area contributed by atoms with E-state index >= 15 is 0 Å². The van der Waals surface area contributed by atoms with Crippen molar-refractivity contribution < 1.29 is 4.48 Å². The van der Waals surface area contributed by atoms with E-state index in [0.29, 0.717) is 0 Å². The van der Waals surface area contributed by atoms with Crippen molar-refractivity contribution in [3.05, 3.63) is 0 Å². The molecule has 1 nitrogen and oxygen atoms in total. The first-order valence-corrected chi connectivity index (χ1v) is 5.51. The zero-order chi connectivity index (χ0) is 8.77. The van der Waals surface area contributed by atoms with Crippen LogP contribution < -0.4 is 0 Å². The van der Waals surface area contributed by atoms with E-state index in [-0.39, 0.29) is 0 Å². The number of quaternary nitrogens is 1. The van der Waals surface area contributed by atoms with Crippen LogP contribution in [0.15, 0.2) is 0 Å². The lowest BCUT2D eigenvalue weighted by Crippen LogP contribution is -2.48. The van der Waals surface area contributed by atoms with Crippen molar-refractivity contribution in [3.8, 4) is 0 Å². The smallest absolute Gasteiger partial charge is 0.0892 e. The second-order valence-corrected chi connectivity index (χ2v) is 5.13. The van der Waals surface area contributed by atoms with Gasteiger partial charge in [0.1, 0.15) is 0 Å². The first kappa shape index (κ1) is 8.55. The van der Waals surface area contributed by atoms with Crippen molar-refractivity contribution >= 4 is 0 Å². The Balaban J connectivity index is 2.17. The molecule has 2 fully saturated rings. The molecule has 70 valence electrons. The predicted octanol–water partition coefficient (Wildman–Crippen LogP) is 2.27. The molecule has 0 aromatic carbocycles. The van der Waals surface area contributed by atoms with Crippen molar-refractivity contribution in [2.24, 2.45) is 11.8 Å². The van der Waals surface area contributed by atoms with Crippen LogP contribution in [0, 0.1) is 11.8 Å². The van der Waals surface area contributed by atoms with Crippen LogP contribution in [-0.4, -0.2) is 30.2 Å². The number of rotatable bonds is 0. The molecule has 0 radical (unpaired) electrons. The molecule has 1 heteroatoms. The first-order valence-electron chi connectivity index (χ1n) is 5.51. The van der Waals surface area contributed by atoms with Gasteiger partial charge in [-0.2, -0.15) is 0 Å². The lowest BCUT2D eigenvalue weighted by Gasteiger charge is -2.35. The fraction of sp³-hybridized carbons (Fsp3) is 1.00. The van der Waals surface area contributed by atoms with E-state index in [1.54, 1.807) is 0 Å². The Kier molecular flexibility index (Phi) is 1.95. The Bertz CT molecular complexity index is 170. The molecule has 0 bridgehead atoms. The molecule has 2 rings (SSSR count). The largest absolute Gasteiger partial charge is 0.321 e. The normalized spacial score (nSPS) is 45.8. The first-order chi connectivity index (χ1) is 5.66. The molecule has 12 heavy (non-hydrogen) atoms. The highest BCUT2D eigenvalue weighted by Gasteiger charge is 2.48. The highest BCUT2D eigenvalue weighted by atomic mass is 15.4. The molecule has 0 N–H and O–H groups in total. The van der Waals surface area contributed by atoms with Gasteiger partial charge < -0.3 is 4.48 Å². The third-order valence-corrected chi connectivity index (χ3v) is 4.63. The van der Waals surface area contributed by atoms with Crippen LogP contribution >= 0.6 is 0 Å². The Labute approximate surface area is 76.3 Å².